The van der Waals surface area contributed by atoms with Crippen molar-refractivity contribution in [2.45, 2.75) is 18.4 Å². The molecule has 2 aromatic carbocycles. The second kappa shape index (κ2) is 8.43. The molecule has 1 N–H and O–H groups in total. The highest BCUT2D eigenvalue weighted by Gasteiger charge is 2.23. The van der Waals surface area contributed by atoms with Gasteiger partial charge in [-0.25, -0.2) is 8.42 Å². The largest absolute Gasteiger partial charge is 0.326 e. The molecule has 134 valence electrons. The van der Waals surface area contributed by atoms with Crippen molar-refractivity contribution in [3.05, 3.63) is 72.3 Å². The fourth-order valence-corrected chi connectivity index (χ4v) is 3.74. The predicted molar refractivity (Wildman–Crippen MR) is 99.7 cm³/mol. The van der Waals surface area contributed by atoms with Gasteiger partial charge in [-0.2, -0.15) is 9.57 Å². The molecule has 0 heterocycles. The number of hydrogen-bond acceptors (Lipinski definition) is 4. The molecular formula is C19H19N3O3S. The molecule has 0 aliphatic carbocycles. The number of carbonyl (C=O) groups excluding carboxylic acids is 1. The van der Waals surface area contributed by atoms with E-state index in [2.05, 4.69) is 11.9 Å². The van der Waals surface area contributed by atoms with E-state index in [9.17, 15) is 13.2 Å². The number of rotatable bonds is 7. The molecule has 1 amide bonds. The van der Waals surface area contributed by atoms with Crippen LogP contribution in [0.15, 0.2) is 66.1 Å². The molecule has 0 fully saturated rings. The topological polar surface area (TPSA) is 90.3 Å². The quantitative estimate of drug-likeness (QED) is 0.760. The maximum absolute atomic E-state index is 12.9. The molecule has 0 saturated heterocycles. The fraction of sp³-hybridized carbons (Fsp3) is 0.158. The molecule has 0 atom stereocenters. The van der Waals surface area contributed by atoms with E-state index >= 15 is 0 Å². The molecule has 26 heavy (non-hydrogen) atoms. The zero-order valence-electron chi connectivity index (χ0n) is 14.3. The Balaban J connectivity index is 2.27. The number of nitrogens with one attached hydrogen (secondary N) is 1. The summed E-state index contributed by atoms with van der Waals surface area (Å²) in [5.74, 6) is -0.227. The first-order valence-electron chi connectivity index (χ1n) is 7.84. The Morgan fingerprint density at radius 2 is 1.81 bits per heavy atom. The maximum Gasteiger partial charge on any atom is 0.243 e. The molecular weight excluding hydrogens is 350 g/mol. The molecule has 0 saturated carbocycles. The Morgan fingerprint density at radius 3 is 2.31 bits per heavy atom. The van der Waals surface area contributed by atoms with E-state index in [0.29, 0.717) is 11.3 Å². The van der Waals surface area contributed by atoms with Gasteiger partial charge in [0, 0.05) is 25.7 Å². The summed E-state index contributed by atoms with van der Waals surface area (Å²) in [7, 11) is -3.74. The number of hydrogen-bond donors (Lipinski definition) is 1. The summed E-state index contributed by atoms with van der Waals surface area (Å²) in [6.45, 7) is 5.32. The third kappa shape index (κ3) is 4.79. The molecule has 0 spiro atoms. The highest BCUT2D eigenvalue weighted by Crippen LogP contribution is 2.20. The minimum Gasteiger partial charge on any atom is -0.326 e. The summed E-state index contributed by atoms with van der Waals surface area (Å²) >= 11 is 0. The van der Waals surface area contributed by atoms with Gasteiger partial charge in [0.2, 0.25) is 15.9 Å². The number of amides is 1. The molecule has 0 aromatic heterocycles. The lowest BCUT2D eigenvalue weighted by Gasteiger charge is -2.21. The van der Waals surface area contributed by atoms with Crippen molar-refractivity contribution in [1.29, 1.82) is 5.26 Å². The smallest absolute Gasteiger partial charge is 0.243 e. The molecule has 2 aromatic rings. The number of carbonyl (C=O) groups is 1. The van der Waals surface area contributed by atoms with Gasteiger partial charge in [-0.05, 0) is 42.0 Å². The van der Waals surface area contributed by atoms with Gasteiger partial charge in [-0.15, -0.1) is 6.58 Å². The van der Waals surface area contributed by atoms with Gasteiger partial charge in [0.25, 0.3) is 0 Å². The Hall–Kier alpha value is -2.95. The first-order chi connectivity index (χ1) is 12.4. The number of nitrogens with zero attached hydrogens (tertiary/aromatic N) is 2. The van der Waals surface area contributed by atoms with E-state index in [4.69, 9.17) is 5.26 Å². The summed E-state index contributed by atoms with van der Waals surface area (Å²) in [6.07, 6.45) is 1.52. The lowest BCUT2D eigenvalue weighted by Crippen LogP contribution is -2.30. The minimum atomic E-state index is -3.74. The van der Waals surface area contributed by atoms with E-state index < -0.39 is 10.0 Å². The summed E-state index contributed by atoms with van der Waals surface area (Å²) < 4.78 is 27.1. The molecule has 6 nitrogen and oxygen atoms in total. The molecule has 2 rings (SSSR count). The zero-order valence-corrected chi connectivity index (χ0v) is 15.2. The summed E-state index contributed by atoms with van der Waals surface area (Å²) in [6, 6.07) is 14.8. The zero-order chi connectivity index (χ0) is 19.2. The van der Waals surface area contributed by atoms with Gasteiger partial charge in [0.15, 0.2) is 0 Å². The number of benzene rings is 2. The second-order valence-electron chi connectivity index (χ2n) is 5.60. The molecule has 0 radical (unpaired) electrons. The molecule has 0 aliphatic heterocycles. The number of anilines is 1. The van der Waals surface area contributed by atoms with Crippen molar-refractivity contribution in [3.63, 3.8) is 0 Å². The highest BCUT2D eigenvalue weighted by molar-refractivity contribution is 7.89. The Labute approximate surface area is 153 Å². The Bertz CT molecular complexity index is 927. The van der Waals surface area contributed by atoms with Crippen molar-refractivity contribution < 1.29 is 13.2 Å². The number of sulfonamides is 1. The normalized spacial score (nSPS) is 11.0. The van der Waals surface area contributed by atoms with Gasteiger partial charge in [0.05, 0.1) is 16.5 Å². The average Bonchev–Trinajstić information content (AvgIpc) is 2.62. The number of nitriles is 1. The summed E-state index contributed by atoms with van der Waals surface area (Å²) in [5, 5.41) is 11.5. The average molecular weight is 369 g/mol. The van der Waals surface area contributed by atoms with Crippen molar-refractivity contribution >= 4 is 21.6 Å². The van der Waals surface area contributed by atoms with Gasteiger partial charge >= 0.3 is 0 Å². The monoisotopic (exact) mass is 369 g/mol. The first kappa shape index (κ1) is 19.4. The SMILES string of the molecule is C=CCN(Cc1ccc(C#N)cc1)S(=O)(=O)c1ccc(NC(C)=O)cc1. The summed E-state index contributed by atoms with van der Waals surface area (Å²) in [4.78, 5) is 11.2. The van der Waals surface area contributed by atoms with E-state index in [1.807, 2.05) is 6.07 Å². The van der Waals surface area contributed by atoms with Crippen LogP contribution in [-0.4, -0.2) is 25.2 Å². The Morgan fingerprint density at radius 1 is 1.19 bits per heavy atom. The van der Waals surface area contributed by atoms with E-state index in [1.165, 1.54) is 29.4 Å². The van der Waals surface area contributed by atoms with Gasteiger partial charge in [0.1, 0.15) is 0 Å². The third-order valence-corrected chi connectivity index (χ3v) is 5.41. The van der Waals surface area contributed by atoms with Crippen molar-refractivity contribution in [2.24, 2.45) is 0 Å². The van der Waals surface area contributed by atoms with Crippen molar-refractivity contribution in [2.75, 3.05) is 11.9 Å². The molecule has 7 heteroatoms. The van der Waals surface area contributed by atoms with Crippen LogP contribution >= 0.6 is 0 Å². The molecule has 0 unspecified atom stereocenters. The summed E-state index contributed by atoms with van der Waals surface area (Å²) in [5.41, 5.74) is 1.81. The van der Waals surface area contributed by atoms with Crippen LogP contribution in [0, 0.1) is 11.3 Å². The van der Waals surface area contributed by atoms with Crippen LogP contribution in [0.25, 0.3) is 0 Å². The first-order valence-corrected chi connectivity index (χ1v) is 9.28. The van der Waals surface area contributed by atoms with Crippen LogP contribution in [0.5, 0.6) is 0 Å². The lowest BCUT2D eigenvalue weighted by atomic mass is 10.1. The standard InChI is InChI=1S/C19H19N3O3S/c1-3-12-22(14-17-6-4-16(13-20)5-7-17)26(24,25)19-10-8-18(9-11-19)21-15(2)23/h3-11H,1,12,14H2,2H3,(H,21,23). The van der Waals surface area contributed by atoms with Crippen LogP contribution in [0.2, 0.25) is 0 Å². The van der Waals surface area contributed by atoms with Crippen LogP contribution in [0.4, 0.5) is 5.69 Å². The minimum absolute atomic E-state index is 0.127. The predicted octanol–water partition coefficient (Wildman–Crippen LogP) is 2.89. The molecule has 0 aliphatic rings. The second-order valence-corrected chi connectivity index (χ2v) is 7.54. The molecule has 0 bridgehead atoms. The van der Waals surface area contributed by atoms with Gasteiger partial charge in [-0.3, -0.25) is 4.79 Å². The lowest BCUT2D eigenvalue weighted by molar-refractivity contribution is -0.114. The van der Waals surface area contributed by atoms with Crippen LogP contribution in [0.1, 0.15) is 18.1 Å². The van der Waals surface area contributed by atoms with Crippen LogP contribution < -0.4 is 5.32 Å². The van der Waals surface area contributed by atoms with E-state index in [-0.39, 0.29) is 23.9 Å². The van der Waals surface area contributed by atoms with E-state index in [0.717, 1.165) is 5.56 Å². The van der Waals surface area contributed by atoms with Crippen LogP contribution in [-0.2, 0) is 21.4 Å². The van der Waals surface area contributed by atoms with Crippen LogP contribution in [0.3, 0.4) is 0 Å². The van der Waals surface area contributed by atoms with Crippen molar-refractivity contribution in [1.82, 2.24) is 4.31 Å². The van der Waals surface area contributed by atoms with Gasteiger partial charge in [-0.1, -0.05) is 18.2 Å². The van der Waals surface area contributed by atoms with Gasteiger partial charge < -0.3 is 5.32 Å². The Kier molecular flexibility index (Phi) is 6.28. The highest BCUT2D eigenvalue weighted by atomic mass is 32.2. The van der Waals surface area contributed by atoms with E-state index in [1.54, 1.807) is 36.4 Å². The maximum atomic E-state index is 12.9. The fourth-order valence-electron chi connectivity index (χ4n) is 2.34. The van der Waals surface area contributed by atoms with Crippen molar-refractivity contribution in [3.8, 4) is 6.07 Å². The third-order valence-electron chi connectivity index (χ3n) is 3.59.